The van der Waals surface area contributed by atoms with Crippen molar-refractivity contribution < 1.29 is 19.1 Å². The molecule has 178 valence electrons. The molecule has 0 unspecified atom stereocenters. The van der Waals surface area contributed by atoms with Crippen LogP contribution in [0, 0.1) is 0 Å². The van der Waals surface area contributed by atoms with E-state index in [1.807, 2.05) is 18.2 Å². The molecule has 0 aliphatic rings. The molecule has 33 heavy (non-hydrogen) atoms. The molecule has 0 saturated heterocycles. The lowest BCUT2D eigenvalue weighted by Crippen LogP contribution is -2.49. The molecular weight excluding hydrogens is 506 g/mol. The molecule has 2 rings (SSSR count). The molecule has 9 heteroatoms. The van der Waals surface area contributed by atoms with E-state index in [1.54, 1.807) is 24.3 Å². The molecule has 0 fully saturated rings. The highest BCUT2D eigenvalue weighted by atomic mass is 79.9. The van der Waals surface area contributed by atoms with Crippen molar-refractivity contribution in [3.8, 4) is 11.5 Å². The molecule has 2 aromatic rings. The van der Waals surface area contributed by atoms with Crippen molar-refractivity contribution in [2.75, 3.05) is 13.2 Å². The van der Waals surface area contributed by atoms with Gasteiger partial charge >= 0.3 is 0 Å². The summed E-state index contributed by atoms with van der Waals surface area (Å²) in [4.78, 5) is 24.7. The molecule has 0 bridgehead atoms. The molecule has 0 heterocycles. The number of nitrogens with one attached hydrogen (secondary N) is 3. The second-order valence-electron chi connectivity index (χ2n) is 7.64. The molecule has 0 aromatic heterocycles. The summed E-state index contributed by atoms with van der Waals surface area (Å²) in [5.74, 6) is 0.546. The van der Waals surface area contributed by atoms with E-state index in [0.29, 0.717) is 29.6 Å². The zero-order chi connectivity index (χ0) is 24.2. The first-order valence-electron chi connectivity index (χ1n) is 10.9. The maximum atomic E-state index is 12.6. The van der Waals surface area contributed by atoms with Crippen LogP contribution in [0.25, 0.3) is 0 Å². The monoisotopic (exact) mass is 535 g/mol. The summed E-state index contributed by atoms with van der Waals surface area (Å²) in [7, 11) is 0. The van der Waals surface area contributed by atoms with E-state index in [0.717, 1.165) is 29.3 Å². The van der Waals surface area contributed by atoms with Crippen molar-refractivity contribution in [1.82, 2.24) is 16.2 Å². The van der Waals surface area contributed by atoms with Gasteiger partial charge in [0.15, 0.2) is 11.7 Å². The highest BCUT2D eigenvalue weighted by molar-refractivity contribution is 9.10. The van der Waals surface area contributed by atoms with E-state index in [2.05, 4.69) is 52.9 Å². The number of carbonyl (C=O) groups is 2. The number of benzene rings is 2. The molecule has 0 atom stereocenters. The number of hydrogen-bond donors (Lipinski definition) is 3. The zero-order valence-corrected chi connectivity index (χ0v) is 21.5. The van der Waals surface area contributed by atoms with E-state index < -0.39 is 11.8 Å². The number of thiocarbonyl (C=S) groups is 1. The smallest absolute Gasteiger partial charge is 0.276 e. The van der Waals surface area contributed by atoms with E-state index in [9.17, 15) is 9.59 Å². The lowest BCUT2D eigenvalue weighted by molar-refractivity contribution is -0.123. The molecule has 0 saturated carbocycles. The second kappa shape index (κ2) is 13.8. The first-order chi connectivity index (χ1) is 15.8. The third-order valence-corrected chi connectivity index (χ3v) is 5.48. The molecule has 2 aromatic carbocycles. The SMILES string of the molecule is CCCCCOc1ccccc1C(=O)NC(=S)NNC(=O)COc1ccc(C(C)C)cc1Br. The van der Waals surface area contributed by atoms with Crippen LogP contribution >= 0.6 is 28.1 Å². The van der Waals surface area contributed by atoms with Crippen LogP contribution in [0.2, 0.25) is 0 Å². The average molecular weight is 536 g/mol. The van der Waals surface area contributed by atoms with E-state index in [4.69, 9.17) is 21.7 Å². The van der Waals surface area contributed by atoms with E-state index in [-0.39, 0.29) is 11.7 Å². The zero-order valence-electron chi connectivity index (χ0n) is 19.1. The lowest BCUT2D eigenvalue weighted by Gasteiger charge is -2.14. The first-order valence-corrected chi connectivity index (χ1v) is 12.1. The molecule has 0 aliphatic heterocycles. The molecule has 0 radical (unpaired) electrons. The Balaban J connectivity index is 1.79. The summed E-state index contributed by atoms with van der Waals surface area (Å²) in [5.41, 5.74) is 6.43. The minimum atomic E-state index is -0.453. The Kier molecular flexibility index (Phi) is 11.1. The van der Waals surface area contributed by atoms with E-state index in [1.165, 1.54) is 0 Å². The maximum Gasteiger partial charge on any atom is 0.276 e. The van der Waals surface area contributed by atoms with Crippen LogP contribution in [-0.2, 0) is 4.79 Å². The minimum Gasteiger partial charge on any atom is -0.493 e. The Labute approximate surface area is 208 Å². The van der Waals surface area contributed by atoms with Crippen molar-refractivity contribution in [2.45, 2.75) is 46.0 Å². The topological polar surface area (TPSA) is 88.7 Å². The quantitative estimate of drug-likeness (QED) is 0.229. The number of carbonyl (C=O) groups excluding carboxylic acids is 2. The number of para-hydroxylation sites is 1. The van der Waals surface area contributed by atoms with Crippen molar-refractivity contribution in [2.24, 2.45) is 0 Å². The van der Waals surface area contributed by atoms with Crippen LogP contribution in [0.4, 0.5) is 0 Å². The van der Waals surface area contributed by atoms with Gasteiger partial charge in [-0.3, -0.25) is 25.8 Å². The predicted molar refractivity (Wildman–Crippen MR) is 137 cm³/mol. The molecule has 3 N–H and O–H groups in total. The van der Waals surface area contributed by atoms with Crippen LogP contribution in [0.3, 0.4) is 0 Å². The number of rotatable bonds is 10. The number of halogens is 1. The fourth-order valence-corrected chi connectivity index (χ4v) is 3.47. The van der Waals surface area contributed by atoms with Crippen molar-refractivity contribution >= 4 is 45.1 Å². The Morgan fingerprint density at radius 3 is 2.48 bits per heavy atom. The lowest BCUT2D eigenvalue weighted by atomic mass is 10.0. The fourth-order valence-electron chi connectivity index (χ4n) is 2.82. The van der Waals surface area contributed by atoms with Gasteiger partial charge in [-0.05, 0) is 70.3 Å². The van der Waals surface area contributed by atoms with Crippen molar-refractivity contribution in [3.05, 3.63) is 58.1 Å². The third-order valence-electron chi connectivity index (χ3n) is 4.66. The van der Waals surface area contributed by atoms with E-state index >= 15 is 0 Å². The molecule has 2 amide bonds. The summed E-state index contributed by atoms with van der Waals surface area (Å²) >= 11 is 8.56. The Morgan fingerprint density at radius 2 is 1.79 bits per heavy atom. The highest BCUT2D eigenvalue weighted by Crippen LogP contribution is 2.28. The number of unbranched alkanes of at least 4 members (excludes halogenated alkanes) is 2. The fraction of sp³-hybridized carbons (Fsp3) is 0.375. The van der Waals surface area contributed by atoms with Crippen LogP contribution in [0.15, 0.2) is 46.9 Å². The van der Waals surface area contributed by atoms with Gasteiger partial charge in [-0.1, -0.05) is 51.8 Å². The maximum absolute atomic E-state index is 12.6. The van der Waals surface area contributed by atoms with Gasteiger partial charge < -0.3 is 9.47 Å². The number of amides is 2. The highest BCUT2D eigenvalue weighted by Gasteiger charge is 2.14. The molecule has 7 nitrogen and oxygen atoms in total. The third kappa shape index (κ3) is 9.01. The number of hydrogen-bond acceptors (Lipinski definition) is 5. The summed E-state index contributed by atoms with van der Waals surface area (Å²) in [6.07, 6.45) is 3.06. The average Bonchev–Trinajstić information content (AvgIpc) is 2.79. The van der Waals surface area contributed by atoms with Gasteiger partial charge in [0.1, 0.15) is 11.5 Å². The van der Waals surface area contributed by atoms with Crippen LogP contribution in [0.5, 0.6) is 11.5 Å². The summed E-state index contributed by atoms with van der Waals surface area (Å²) < 4.78 is 12.0. The van der Waals surface area contributed by atoms with Gasteiger partial charge in [0.25, 0.3) is 11.8 Å². The molecular formula is C24H30BrN3O4S. The van der Waals surface area contributed by atoms with Crippen molar-refractivity contribution in [3.63, 3.8) is 0 Å². The van der Waals surface area contributed by atoms with Crippen LogP contribution in [-0.4, -0.2) is 30.1 Å². The van der Waals surface area contributed by atoms with Gasteiger partial charge in [0, 0.05) is 0 Å². The predicted octanol–water partition coefficient (Wildman–Crippen LogP) is 4.86. The standard InChI is InChI=1S/C24H30BrN3O4S/c1-4-5-8-13-31-20-10-7-6-9-18(20)23(30)26-24(33)28-27-22(29)15-32-21-12-11-17(16(2)3)14-19(21)25/h6-7,9-12,14,16H,4-5,8,13,15H2,1-3H3,(H,27,29)(H2,26,28,30,33). The first kappa shape index (κ1) is 26.6. The van der Waals surface area contributed by atoms with Gasteiger partial charge in [-0.15, -0.1) is 0 Å². The van der Waals surface area contributed by atoms with Gasteiger partial charge in [0.05, 0.1) is 16.6 Å². The summed E-state index contributed by atoms with van der Waals surface area (Å²) in [6, 6.07) is 12.7. The van der Waals surface area contributed by atoms with Gasteiger partial charge in [-0.2, -0.15) is 0 Å². The number of ether oxygens (including phenoxy) is 2. The Bertz CT molecular complexity index is 968. The Morgan fingerprint density at radius 1 is 1.03 bits per heavy atom. The summed E-state index contributed by atoms with van der Waals surface area (Å²) in [6.45, 7) is 6.62. The Hall–Kier alpha value is -2.65. The van der Waals surface area contributed by atoms with Crippen molar-refractivity contribution in [1.29, 1.82) is 0 Å². The second-order valence-corrected chi connectivity index (χ2v) is 8.90. The molecule has 0 spiro atoms. The summed E-state index contributed by atoms with van der Waals surface area (Å²) in [5, 5.41) is 2.49. The van der Waals surface area contributed by atoms with Gasteiger partial charge in [0.2, 0.25) is 0 Å². The van der Waals surface area contributed by atoms with Crippen LogP contribution in [0.1, 0.15) is 61.9 Å². The van der Waals surface area contributed by atoms with Gasteiger partial charge in [-0.25, -0.2) is 0 Å². The minimum absolute atomic E-state index is 0.0448. The molecule has 0 aliphatic carbocycles. The largest absolute Gasteiger partial charge is 0.493 e. The number of hydrazine groups is 1. The normalized spacial score (nSPS) is 10.5. The van der Waals surface area contributed by atoms with Crippen LogP contribution < -0.4 is 25.6 Å².